The molecule has 1 aromatic rings. The van der Waals surface area contributed by atoms with Gasteiger partial charge in [-0.3, -0.25) is 4.90 Å². The molecule has 0 aromatic heterocycles. The van der Waals surface area contributed by atoms with Gasteiger partial charge in [-0.2, -0.15) is 0 Å². The number of hydrogen-bond acceptors (Lipinski definition) is 4. The fraction of sp³-hybridized carbons (Fsp3) is 0.647. The van der Waals surface area contributed by atoms with E-state index in [2.05, 4.69) is 30.9 Å². The molecule has 118 valence electrons. The van der Waals surface area contributed by atoms with Crippen LogP contribution in [0.3, 0.4) is 0 Å². The predicted octanol–water partition coefficient (Wildman–Crippen LogP) is 2.82. The van der Waals surface area contributed by atoms with E-state index in [-0.39, 0.29) is 0 Å². The molecule has 2 rings (SSSR count). The quantitative estimate of drug-likeness (QED) is 0.906. The van der Waals surface area contributed by atoms with E-state index >= 15 is 0 Å². The van der Waals surface area contributed by atoms with Crippen LogP contribution < -0.4 is 15.2 Å². The SMILES string of the molecule is CCC1CN(C(C)c2ccc(OC)c(OC)c2)CCC1N. The summed E-state index contributed by atoms with van der Waals surface area (Å²) in [5, 5.41) is 0. The highest BCUT2D eigenvalue weighted by atomic mass is 16.5. The highest BCUT2D eigenvalue weighted by Crippen LogP contribution is 2.33. The van der Waals surface area contributed by atoms with E-state index in [0.717, 1.165) is 37.4 Å². The van der Waals surface area contributed by atoms with E-state index in [1.807, 2.05) is 6.07 Å². The first-order valence-corrected chi connectivity index (χ1v) is 7.82. The summed E-state index contributed by atoms with van der Waals surface area (Å²) >= 11 is 0. The van der Waals surface area contributed by atoms with Gasteiger partial charge in [0.2, 0.25) is 0 Å². The Morgan fingerprint density at radius 1 is 1.29 bits per heavy atom. The third kappa shape index (κ3) is 3.50. The van der Waals surface area contributed by atoms with Gasteiger partial charge in [-0.1, -0.05) is 19.4 Å². The lowest BCUT2D eigenvalue weighted by atomic mass is 9.89. The summed E-state index contributed by atoms with van der Waals surface area (Å²) in [6, 6.07) is 6.91. The number of likely N-dealkylation sites (tertiary alicyclic amines) is 1. The molecule has 1 saturated heterocycles. The first-order chi connectivity index (χ1) is 10.1. The Labute approximate surface area is 128 Å². The van der Waals surface area contributed by atoms with Gasteiger partial charge in [0, 0.05) is 25.2 Å². The second-order valence-corrected chi connectivity index (χ2v) is 5.91. The van der Waals surface area contributed by atoms with Crippen LogP contribution in [0.2, 0.25) is 0 Å². The minimum Gasteiger partial charge on any atom is -0.493 e. The molecule has 1 aliphatic rings. The summed E-state index contributed by atoms with van der Waals surface area (Å²) in [7, 11) is 3.35. The van der Waals surface area contributed by atoms with Crippen molar-refractivity contribution in [1.82, 2.24) is 4.90 Å². The van der Waals surface area contributed by atoms with Crippen molar-refractivity contribution in [2.75, 3.05) is 27.3 Å². The molecule has 21 heavy (non-hydrogen) atoms. The second kappa shape index (κ2) is 7.14. The van der Waals surface area contributed by atoms with Gasteiger partial charge in [-0.05, 0) is 37.0 Å². The molecule has 4 heteroatoms. The molecule has 3 atom stereocenters. The molecule has 0 bridgehead atoms. The molecule has 0 aliphatic carbocycles. The molecular weight excluding hydrogens is 264 g/mol. The molecule has 1 aromatic carbocycles. The summed E-state index contributed by atoms with van der Waals surface area (Å²) in [6.07, 6.45) is 2.23. The van der Waals surface area contributed by atoms with Crippen molar-refractivity contribution in [3.05, 3.63) is 23.8 Å². The summed E-state index contributed by atoms with van der Waals surface area (Å²) < 4.78 is 10.7. The van der Waals surface area contributed by atoms with Gasteiger partial charge in [0.1, 0.15) is 0 Å². The lowest BCUT2D eigenvalue weighted by Crippen LogP contribution is -2.47. The fourth-order valence-electron chi connectivity index (χ4n) is 3.19. The van der Waals surface area contributed by atoms with Gasteiger partial charge in [-0.25, -0.2) is 0 Å². The average molecular weight is 292 g/mol. The maximum Gasteiger partial charge on any atom is 0.161 e. The number of hydrogen-bond donors (Lipinski definition) is 1. The van der Waals surface area contributed by atoms with Gasteiger partial charge < -0.3 is 15.2 Å². The van der Waals surface area contributed by atoms with E-state index < -0.39 is 0 Å². The molecule has 0 spiro atoms. The smallest absolute Gasteiger partial charge is 0.161 e. The van der Waals surface area contributed by atoms with Crippen molar-refractivity contribution in [2.45, 2.75) is 38.8 Å². The van der Waals surface area contributed by atoms with Gasteiger partial charge >= 0.3 is 0 Å². The maximum atomic E-state index is 6.21. The number of benzene rings is 1. The Morgan fingerprint density at radius 3 is 2.62 bits per heavy atom. The topological polar surface area (TPSA) is 47.7 Å². The van der Waals surface area contributed by atoms with Crippen molar-refractivity contribution in [3.8, 4) is 11.5 Å². The Bertz CT molecular complexity index is 464. The van der Waals surface area contributed by atoms with Gasteiger partial charge in [0.25, 0.3) is 0 Å². The third-order valence-corrected chi connectivity index (χ3v) is 4.79. The van der Waals surface area contributed by atoms with E-state index in [0.29, 0.717) is 18.0 Å². The summed E-state index contributed by atoms with van der Waals surface area (Å²) in [6.45, 7) is 6.63. The largest absolute Gasteiger partial charge is 0.493 e. The highest BCUT2D eigenvalue weighted by Gasteiger charge is 2.28. The minimum atomic E-state index is 0.351. The van der Waals surface area contributed by atoms with Crippen molar-refractivity contribution < 1.29 is 9.47 Å². The number of rotatable bonds is 5. The number of piperidine rings is 1. The summed E-state index contributed by atoms with van der Waals surface area (Å²) in [5.41, 5.74) is 7.47. The van der Waals surface area contributed by atoms with Crippen molar-refractivity contribution >= 4 is 0 Å². The zero-order chi connectivity index (χ0) is 15.4. The van der Waals surface area contributed by atoms with Crippen molar-refractivity contribution in [1.29, 1.82) is 0 Å². The molecule has 4 nitrogen and oxygen atoms in total. The van der Waals surface area contributed by atoms with Crippen LogP contribution in [0, 0.1) is 5.92 Å². The molecule has 0 saturated carbocycles. The monoisotopic (exact) mass is 292 g/mol. The number of methoxy groups -OCH3 is 2. The number of nitrogens with zero attached hydrogens (tertiary/aromatic N) is 1. The van der Waals surface area contributed by atoms with Crippen LogP contribution >= 0.6 is 0 Å². The Balaban J connectivity index is 2.14. The van der Waals surface area contributed by atoms with E-state index in [1.165, 1.54) is 5.56 Å². The first-order valence-electron chi connectivity index (χ1n) is 7.82. The van der Waals surface area contributed by atoms with Crippen LogP contribution in [0.1, 0.15) is 38.3 Å². The molecule has 3 unspecified atom stereocenters. The summed E-state index contributed by atoms with van der Waals surface area (Å²) in [5.74, 6) is 2.17. The first kappa shape index (κ1) is 16.1. The molecule has 0 amide bonds. The Hall–Kier alpha value is -1.26. The molecule has 1 heterocycles. The van der Waals surface area contributed by atoms with E-state index in [1.54, 1.807) is 14.2 Å². The molecule has 2 N–H and O–H groups in total. The lowest BCUT2D eigenvalue weighted by Gasteiger charge is -2.40. The Morgan fingerprint density at radius 2 is 2.00 bits per heavy atom. The summed E-state index contributed by atoms with van der Waals surface area (Å²) in [4.78, 5) is 2.53. The average Bonchev–Trinajstić information content (AvgIpc) is 2.53. The zero-order valence-electron chi connectivity index (χ0n) is 13.6. The highest BCUT2D eigenvalue weighted by molar-refractivity contribution is 5.43. The molecule has 1 aliphatic heterocycles. The standard InChI is InChI=1S/C17H28N2O2/c1-5-13-11-19(9-8-15(13)18)12(2)14-6-7-16(20-3)17(10-14)21-4/h6-7,10,12-13,15H,5,8-9,11,18H2,1-4H3. The number of ether oxygens (including phenoxy) is 2. The van der Waals surface area contributed by atoms with Crippen molar-refractivity contribution in [2.24, 2.45) is 11.7 Å². The van der Waals surface area contributed by atoms with E-state index in [4.69, 9.17) is 15.2 Å². The van der Waals surface area contributed by atoms with Crippen LogP contribution in [0.25, 0.3) is 0 Å². The Kier molecular flexibility index (Phi) is 5.48. The third-order valence-electron chi connectivity index (χ3n) is 4.79. The van der Waals surface area contributed by atoms with Crippen LogP contribution in [0.4, 0.5) is 0 Å². The maximum absolute atomic E-state index is 6.21. The second-order valence-electron chi connectivity index (χ2n) is 5.91. The zero-order valence-corrected chi connectivity index (χ0v) is 13.6. The lowest BCUT2D eigenvalue weighted by molar-refractivity contribution is 0.114. The predicted molar refractivity (Wildman–Crippen MR) is 85.9 cm³/mol. The van der Waals surface area contributed by atoms with Crippen molar-refractivity contribution in [3.63, 3.8) is 0 Å². The van der Waals surface area contributed by atoms with Crippen LogP contribution in [0.5, 0.6) is 11.5 Å². The number of nitrogens with two attached hydrogens (primary N) is 1. The molecular formula is C17H28N2O2. The fourth-order valence-corrected chi connectivity index (χ4v) is 3.19. The van der Waals surface area contributed by atoms with Crippen LogP contribution in [-0.4, -0.2) is 38.3 Å². The minimum absolute atomic E-state index is 0.351. The van der Waals surface area contributed by atoms with Crippen LogP contribution in [0.15, 0.2) is 18.2 Å². The van der Waals surface area contributed by atoms with Gasteiger partial charge in [-0.15, -0.1) is 0 Å². The van der Waals surface area contributed by atoms with Gasteiger partial charge in [0.15, 0.2) is 11.5 Å². The molecule has 1 fully saturated rings. The normalized spacial score (nSPS) is 24.6. The van der Waals surface area contributed by atoms with Gasteiger partial charge in [0.05, 0.1) is 14.2 Å². The molecule has 0 radical (unpaired) electrons. The van der Waals surface area contributed by atoms with E-state index in [9.17, 15) is 0 Å². The van der Waals surface area contributed by atoms with Crippen LogP contribution in [-0.2, 0) is 0 Å².